The van der Waals surface area contributed by atoms with Crippen molar-refractivity contribution in [2.75, 3.05) is 19.8 Å². The van der Waals surface area contributed by atoms with Crippen molar-refractivity contribution in [1.82, 2.24) is 0 Å². The fourth-order valence-electron chi connectivity index (χ4n) is 1.71. The van der Waals surface area contributed by atoms with Gasteiger partial charge in [0, 0.05) is 5.56 Å². The van der Waals surface area contributed by atoms with Gasteiger partial charge in [-0.25, -0.2) is 4.79 Å². The molecule has 0 bridgehead atoms. The maximum Gasteiger partial charge on any atom is 0.379 e. The third-order valence-electron chi connectivity index (χ3n) is 2.81. The van der Waals surface area contributed by atoms with Crippen LogP contribution in [0.25, 0.3) is 0 Å². The van der Waals surface area contributed by atoms with Gasteiger partial charge in [0.25, 0.3) is 5.78 Å². The molecule has 0 aromatic heterocycles. The molecule has 1 rings (SSSR count). The Bertz CT molecular complexity index is 534. The highest BCUT2D eigenvalue weighted by molar-refractivity contribution is 6.40. The Morgan fingerprint density at radius 3 is 2.04 bits per heavy atom. The van der Waals surface area contributed by atoms with Gasteiger partial charge in [-0.3, -0.25) is 4.79 Å². The average molecular weight is 322 g/mol. The highest BCUT2D eigenvalue weighted by Crippen LogP contribution is 2.29. The number of benzene rings is 1. The fraction of sp³-hybridized carbons (Fsp3) is 0.556. The summed E-state index contributed by atoms with van der Waals surface area (Å²) in [6.07, 6.45) is 0. The molecule has 1 aromatic rings. The van der Waals surface area contributed by atoms with Crippen LogP contribution in [0.4, 0.5) is 0 Å². The minimum absolute atomic E-state index is 0.164. The average Bonchev–Trinajstić information content (AvgIpc) is 2.50. The number of carbonyl (C=O) groups excluding carboxylic acids is 2. The third kappa shape index (κ3) is 6.30. The monoisotopic (exact) mass is 322 g/mol. The maximum absolute atomic E-state index is 12.0. The zero-order valence-electron chi connectivity index (χ0n) is 14.5. The Balaban J connectivity index is 3.00. The molecule has 128 valence electrons. The summed E-state index contributed by atoms with van der Waals surface area (Å²) in [6, 6.07) is 4.75. The van der Waals surface area contributed by atoms with Crippen molar-refractivity contribution >= 4 is 11.8 Å². The van der Waals surface area contributed by atoms with E-state index in [0.29, 0.717) is 36.5 Å². The predicted molar refractivity (Wildman–Crippen MR) is 88.1 cm³/mol. The molecule has 5 heteroatoms. The normalized spacial score (nSPS) is 10.7. The van der Waals surface area contributed by atoms with E-state index in [9.17, 15) is 9.59 Å². The van der Waals surface area contributed by atoms with E-state index in [1.165, 1.54) is 6.07 Å². The highest BCUT2D eigenvalue weighted by Gasteiger charge is 2.20. The largest absolute Gasteiger partial charge is 0.489 e. The lowest BCUT2D eigenvalue weighted by Gasteiger charge is -2.16. The molecule has 0 atom stereocenters. The SMILES string of the molecule is CCOC(=O)C(=O)c1ccc(OCC(C)C)c(OCC(C)C)c1. The molecule has 0 amide bonds. The number of Topliss-reactive ketones (excluding diaryl/α,β-unsaturated/α-hetero) is 1. The minimum atomic E-state index is -0.863. The van der Waals surface area contributed by atoms with Gasteiger partial charge in [0.15, 0.2) is 11.5 Å². The molecule has 0 N–H and O–H groups in total. The van der Waals surface area contributed by atoms with Gasteiger partial charge in [-0.1, -0.05) is 27.7 Å². The van der Waals surface area contributed by atoms with Crippen LogP contribution in [0, 0.1) is 11.8 Å². The van der Waals surface area contributed by atoms with Crippen molar-refractivity contribution in [2.24, 2.45) is 11.8 Å². The van der Waals surface area contributed by atoms with E-state index in [4.69, 9.17) is 14.2 Å². The second-order valence-corrected chi connectivity index (χ2v) is 6.12. The van der Waals surface area contributed by atoms with Crippen LogP contribution in [0.1, 0.15) is 45.0 Å². The molecule has 0 unspecified atom stereocenters. The first-order valence-corrected chi connectivity index (χ1v) is 7.96. The Kier molecular flexibility index (Phi) is 7.59. The van der Waals surface area contributed by atoms with Crippen LogP contribution in [0.3, 0.4) is 0 Å². The summed E-state index contributed by atoms with van der Waals surface area (Å²) >= 11 is 0. The van der Waals surface area contributed by atoms with Crippen LogP contribution < -0.4 is 9.47 Å². The van der Waals surface area contributed by atoms with Crippen LogP contribution in [0.15, 0.2) is 18.2 Å². The quantitative estimate of drug-likeness (QED) is 0.395. The Hall–Kier alpha value is -2.04. The molecule has 0 aliphatic heterocycles. The van der Waals surface area contributed by atoms with Crippen LogP contribution in [-0.4, -0.2) is 31.6 Å². The van der Waals surface area contributed by atoms with Gasteiger partial charge in [-0.05, 0) is 37.0 Å². The van der Waals surface area contributed by atoms with Crippen molar-refractivity contribution in [1.29, 1.82) is 0 Å². The molecule has 1 aromatic carbocycles. The molecule has 0 aliphatic carbocycles. The minimum Gasteiger partial charge on any atom is -0.489 e. The summed E-state index contributed by atoms with van der Waals surface area (Å²) in [5, 5.41) is 0. The van der Waals surface area contributed by atoms with E-state index in [1.54, 1.807) is 19.1 Å². The Labute approximate surface area is 137 Å². The van der Waals surface area contributed by atoms with E-state index in [0.717, 1.165) is 0 Å². The second kappa shape index (κ2) is 9.18. The molecule has 0 spiro atoms. The fourth-order valence-corrected chi connectivity index (χ4v) is 1.71. The maximum atomic E-state index is 12.0. The molecule has 0 aliphatic rings. The van der Waals surface area contributed by atoms with Crippen molar-refractivity contribution in [3.05, 3.63) is 23.8 Å². The first-order valence-electron chi connectivity index (χ1n) is 7.96. The zero-order chi connectivity index (χ0) is 17.4. The van der Waals surface area contributed by atoms with Gasteiger partial charge < -0.3 is 14.2 Å². The standard InChI is InChI=1S/C18H26O5/c1-6-21-18(20)17(19)14-7-8-15(22-10-12(2)3)16(9-14)23-11-13(4)5/h7-9,12-13H,6,10-11H2,1-5H3. The number of ketones is 1. The first kappa shape index (κ1) is 19.0. The van der Waals surface area contributed by atoms with Gasteiger partial charge in [0.2, 0.25) is 0 Å². The number of hydrogen-bond donors (Lipinski definition) is 0. The summed E-state index contributed by atoms with van der Waals surface area (Å²) in [7, 11) is 0. The summed E-state index contributed by atoms with van der Waals surface area (Å²) < 4.78 is 16.2. The van der Waals surface area contributed by atoms with Crippen molar-refractivity contribution in [3.8, 4) is 11.5 Å². The van der Waals surface area contributed by atoms with Crippen LogP contribution in [-0.2, 0) is 9.53 Å². The lowest BCUT2D eigenvalue weighted by Crippen LogP contribution is -2.18. The van der Waals surface area contributed by atoms with Crippen molar-refractivity contribution in [3.63, 3.8) is 0 Å². The van der Waals surface area contributed by atoms with Gasteiger partial charge in [-0.15, -0.1) is 0 Å². The molecular formula is C18H26O5. The highest BCUT2D eigenvalue weighted by atomic mass is 16.5. The zero-order valence-corrected chi connectivity index (χ0v) is 14.5. The Morgan fingerprint density at radius 2 is 1.52 bits per heavy atom. The lowest BCUT2D eigenvalue weighted by molar-refractivity contribution is -0.137. The van der Waals surface area contributed by atoms with Crippen LogP contribution in [0.5, 0.6) is 11.5 Å². The molecule has 0 fully saturated rings. The predicted octanol–water partition coefficient (Wildman–Crippen LogP) is 3.50. The van der Waals surface area contributed by atoms with Crippen LogP contribution >= 0.6 is 0 Å². The third-order valence-corrected chi connectivity index (χ3v) is 2.81. The molecular weight excluding hydrogens is 296 g/mol. The Morgan fingerprint density at radius 1 is 0.957 bits per heavy atom. The number of carbonyl (C=O) groups is 2. The summed E-state index contributed by atoms with van der Waals surface area (Å²) in [6.45, 7) is 11.0. The molecule has 23 heavy (non-hydrogen) atoms. The van der Waals surface area contributed by atoms with E-state index in [2.05, 4.69) is 0 Å². The van der Waals surface area contributed by atoms with E-state index < -0.39 is 11.8 Å². The smallest absolute Gasteiger partial charge is 0.379 e. The molecule has 5 nitrogen and oxygen atoms in total. The van der Waals surface area contributed by atoms with Crippen molar-refractivity contribution < 1.29 is 23.8 Å². The topological polar surface area (TPSA) is 61.8 Å². The van der Waals surface area contributed by atoms with E-state index >= 15 is 0 Å². The number of rotatable bonds is 9. The molecule has 0 heterocycles. The molecule has 0 saturated heterocycles. The lowest BCUT2D eigenvalue weighted by atomic mass is 10.1. The van der Waals surface area contributed by atoms with E-state index in [1.807, 2.05) is 27.7 Å². The summed E-state index contributed by atoms with van der Waals surface area (Å²) in [4.78, 5) is 23.6. The van der Waals surface area contributed by atoms with Gasteiger partial charge in [0.05, 0.1) is 19.8 Å². The number of ether oxygens (including phenoxy) is 3. The van der Waals surface area contributed by atoms with Gasteiger partial charge >= 0.3 is 5.97 Å². The van der Waals surface area contributed by atoms with E-state index in [-0.39, 0.29) is 12.2 Å². The van der Waals surface area contributed by atoms with Gasteiger partial charge in [0.1, 0.15) is 0 Å². The van der Waals surface area contributed by atoms with Crippen LogP contribution in [0.2, 0.25) is 0 Å². The first-order chi connectivity index (χ1) is 10.8. The van der Waals surface area contributed by atoms with Gasteiger partial charge in [-0.2, -0.15) is 0 Å². The number of hydrogen-bond acceptors (Lipinski definition) is 5. The molecule has 0 radical (unpaired) electrons. The van der Waals surface area contributed by atoms with Crippen molar-refractivity contribution in [2.45, 2.75) is 34.6 Å². The second-order valence-electron chi connectivity index (χ2n) is 6.12. The molecule has 0 saturated carbocycles. The number of esters is 1. The summed E-state index contributed by atoms with van der Waals surface area (Å²) in [5.74, 6) is 0.190. The summed E-state index contributed by atoms with van der Waals surface area (Å²) in [5.41, 5.74) is 0.235.